The van der Waals surface area contributed by atoms with Crippen molar-refractivity contribution in [2.45, 2.75) is 59.9 Å². The fourth-order valence-electron chi connectivity index (χ4n) is 2.62. The van der Waals surface area contributed by atoms with Crippen LogP contribution in [0.4, 0.5) is 0 Å². The second-order valence-electron chi connectivity index (χ2n) is 6.94. The molecule has 0 saturated heterocycles. The fourth-order valence-corrected chi connectivity index (χ4v) is 2.62. The lowest BCUT2D eigenvalue weighted by Gasteiger charge is -2.25. The minimum atomic E-state index is -0.759. The summed E-state index contributed by atoms with van der Waals surface area (Å²) in [7, 11) is 0. The van der Waals surface area contributed by atoms with Gasteiger partial charge in [0.25, 0.3) is 0 Å². The van der Waals surface area contributed by atoms with Gasteiger partial charge in [-0.1, -0.05) is 39.8 Å². The molecule has 0 amide bonds. The predicted octanol–water partition coefficient (Wildman–Crippen LogP) is 3.90. The minimum absolute atomic E-state index is 0.105. The van der Waals surface area contributed by atoms with Gasteiger partial charge in [-0.3, -0.25) is 9.69 Å². The Hall–Kier alpha value is -1.35. The van der Waals surface area contributed by atoms with Gasteiger partial charge >= 0.3 is 5.97 Å². The highest BCUT2D eigenvalue weighted by atomic mass is 16.4. The number of aliphatic carboxylic acids is 1. The van der Waals surface area contributed by atoms with E-state index in [0.717, 1.165) is 13.0 Å². The first-order chi connectivity index (χ1) is 9.65. The van der Waals surface area contributed by atoms with E-state index in [-0.39, 0.29) is 12.0 Å². The monoisotopic (exact) mass is 291 g/mol. The van der Waals surface area contributed by atoms with Crippen molar-refractivity contribution in [2.75, 3.05) is 13.1 Å². The van der Waals surface area contributed by atoms with Gasteiger partial charge in [0.2, 0.25) is 0 Å². The smallest absolute Gasteiger partial charge is 0.317 e. The Balaban J connectivity index is 3.04. The van der Waals surface area contributed by atoms with Crippen LogP contribution in [0.25, 0.3) is 0 Å². The summed E-state index contributed by atoms with van der Waals surface area (Å²) in [6, 6.07) is 4.49. The predicted molar refractivity (Wildman–Crippen MR) is 87.8 cm³/mol. The molecule has 0 aliphatic heterocycles. The summed E-state index contributed by atoms with van der Waals surface area (Å²) in [5, 5.41) is 9.04. The summed E-state index contributed by atoms with van der Waals surface area (Å²) in [5.74, 6) is -0.759. The number of carboxylic acids is 1. The highest BCUT2D eigenvalue weighted by molar-refractivity contribution is 5.69. The largest absolute Gasteiger partial charge is 0.480 e. The summed E-state index contributed by atoms with van der Waals surface area (Å²) in [5.41, 5.74) is 5.25. The molecule has 1 rings (SSSR count). The van der Waals surface area contributed by atoms with Gasteiger partial charge in [-0.05, 0) is 54.5 Å². The van der Waals surface area contributed by atoms with E-state index < -0.39 is 5.97 Å². The van der Waals surface area contributed by atoms with Crippen molar-refractivity contribution >= 4 is 5.97 Å². The van der Waals surface area contributed by atoms with Crippen LogP contribution in [-0.2, 0) is 16.8 Å². The van der Waals surface area contributed by atoms with Crippen molar-refractivity contribution in [1.82, 2.24) is 4.90 Å². The van der Waals surface area contributed by atoms with Crippen LogP contribution < -0.4 is 0 Å². The molecule has 0 spiro atoms. The van der Waals surface area contributed by atoms with Crippen molar-refractivity contribution in [3.8, 4) is 0 Å². The third-order valence-electron chi connectivity index (χ3n) is 3.84. The van der Waals surface area contributed by atoms with Crippen LogP contribution in [0, 0.1) is 13.8 Å². The number of carboxylic acid groups (broad SMARTS) is 1. The first-order valence-electron chi connectivity index (χ1n) is 7.70. The van der Waals surface area contributed by atoms with Crippen molar-refractivity contribution < 1.29 is 9.90 Å². The first kappa shape index (κ1) is 17.7. The Morgan fingerprint density at radius 2 is 1.71 bits per heavy atom. The van der Waals surface area contributed by atoms with E-state index in [1.807, 2.05) is 4.90 Å². The van der Waals surface area contributed by atoms with Crippen LogP contribution in [0.15, 0.2) is 12.1 Å². The second-order valence-corrected chi connectivity index (χ2v) is 6.94. The molecule has 0 bridgehead atoms. The number of hydrogen-bond acceptors (Lipinski definition) is 2. The average Bonchev–Trinajstić information content (AvgIpc) is 2.31. The molecule has 0 unspecified atom stereocenters. The minimum Gasteiger partial charge on any atom is -0.480 e. The molecule has 0 saturated carbocycles. The van der Waals surface area contributed by atoms with Crippen molar-refractivity contribution in [3.05, 3.63) is 34.4 Å². The lowest BCUT2D eigenvalue weighted by atomic mass is 9.83. The quantitative estimate of drug-likeness (QED) is 0.864. The van der Waals surface area contributed by atoms with E-state index in [9.17, 15) is 4.79 Å². The molecule has 1 aromatic carbocycles. The Morgan fingerprint density at radius 3 is 2.10 bits per heavy atom. The SMILES string of the molecule is CCCN(CC(=O)O)Cc1c(C)cc(C(C)(C)C)cc1C. The lowest BCUT2D eigenvalue weighted by molar-refractivity contribution is -0.138. The first-order valence-corrected chi connectivity index (χ1v) is 7.70. The molecule has 3 heteroatoms. The van der Waals surface area contributed by atoms with Crippen LogP contribution in [0.3, 0.4) is 0 Å². The maximum atomic E-state index is 11.0. The molecule has 0 aliphatic carbocycles. The summed E-state index contributed by atoms with van der Waals surface area (Å²) < 4.78 is 0. The maximum Gasteiger partial charge on any atom is 0.317 e. The molecule has 3 nitrogen and oxygen atoms in total. The molecular weight excluding hydrogens is 262 g/mol. The second kappa shape index (κ2) is 7.08. The molecule has 118 valence electrons. The topological polar surface area (TPSA) is 40.5 Å². The summed E-state index contributed by atoms with van der Waals surface area (Å²) in [6.07, 6.45) is 0.964. The van der Waals surface area contributed by atoms with E-state index in [4.69, 9.17) is 5.11 Å². The Kier molecular flexibility index (Phi) is 5.97. The van der Waals surface area contributed by atoms with Crippen LogP contribution >= 0.6 is 0 Å². The number of benzene rings is 1. The zero-order valence-corrected chi connectivity index (χ0v) is 14.3. The molecule has 21 heavy (non-hydrogen) atoms. The fraction of sp³-hybridized carbons (Fsp3) is 0.611. The van der Waals surface area contributed by atoms with E-state index in [0.29, 0.717) is 6.54 Å². The van der Waals surface area contributed by atoms with Gasteiger partial charge in [0.05, 0.1) is 6.54 Å². The normalized spacial score (nSPS) is 12.0. The number of aryl methyl sites for hydroxylation is 2. The zero-order chi connectivity index (χ0) is 16.2. The lowest BCUT2D eigenvalue weighted by Crippen LogP contribution is -2.30. The third kappa shape index (κ3) is 5.16. The Bertz CT molecular complexity index is 477. The van der Waals surface area contributed by atoms with Gasteiger partial charge in [0.1, 0.15) is 0 Å². The van der Waals surface area contributed by atoms with Gasteiger partial charge in [0.15, 0.2) is 0 Å². The average molecular weight is 291 g/mol. The summed E-state index contributed by atoms with van der Waals surface area (Å²) >= 11 is 0. The summed E-state index contributed by atoms with van der Waals surface area (Å²) in [6.45, 7) is 14.6. The molecule has 0 aromatic heterocycles. The highest BCUT2D eigenvalue weighted by Crippen LogP contribution is 2.27. The van der Waals surface area contributed by atoms with E-state index in [2.05, 4.69) is 53.7 Å². The molecule has 1 aromatic rings. The number of rotatable bonds is 6. The van der Waals surface area contributed by atoms with Crippen LogP contribution in [0.1, 0.15) is 56.4 Å². The molecular formula is C18H29NO2. The van der Waals surface area contributed by atoms with Crippen molar-refractivity contribution in [2.24, 2.45) is 0 Å². The van der Waals surface area contributed by atoms with Crippen molar-refractivity contribution in [1.29, 1.82) is 0 Å². The highest BCUT2D eigenvalue weighted by Gasteiger charge is 2.18. The van der Waals surface area contributed by atoms with Crippen LogP contribution in [-0.4, -0.2) is 29.1 Å². The van der Waals surface area contributed by atoms with Gasteiger partial charge in [-0.15, -0.1) is 0 Å². The van der Waals surface area contributed by atoms with Crippen molar-refractivity contribution in [3.63, 3.8) is 0 Å². The van der Waals surface area contributed by atoms with E-state index >= 15 is 0 Å². The Labute approximate surface area is 129 Å². The standard InChI is InChI=1S/C18H29NO2/c1-7-8-19(12-17(20)21)11-16-13(2)9-15(10-14(16)3)18(4,5)6/h9-10H,7-8,11-12H2,1-6H3,(H,20,21). The van der Waals surface area contributed by atoms with Crippen LogP contribution in [0.2, 0.25) is 0 Å². The summed E-state index contributed by atoms with van der Waals surface area (Å²) in [4.78, 5) is 13.0. The zero-order valence-electron chi connectivity index (χ0n) is 14.3. The van der Waals surface area contributed by atoms with E-state index in [1.165, 1.54) is 22.3 Å². The molecule has 0 radical (unpaired) electrons. The number of nitrogens with zero attached hydrogens (tertiary/aromatic N) is 1. The number of hydrogen-bond donors (Lipinski definition) is 1. The van der Waals surface area contributed by atoms with Gasteiger partial charge in [-0.2, -0.15) is 0 Å². The maximum absolute atomic E-state index is 11.0. The molecule has 0 heterocycles. The number of carbonyl (C=O) groups is 1. The molecule has 0 atom stereocenters. The molecule has 0 fully saturated rings. The Morgan fingerprint density at radius 1 is 1.19 bits per heavy atom. The molecule has 1 N–H and O–H groups in total. The third-order valence-corrected chi connectivity index (χ3v) is 3.84. The van der Waals surface area contributed by atoms with E-state index in [1.54, 1.807) is 0 Å². The van der Waals surface area contributed by atoms with Gasteiger partial charge in [-0.25, -0.2) is 0 Å². The molecule has 0 aliphatic rings. The van der Waals surface area contributed by atoms with Crippen LogP contribution in [0.5, 0.6) is 0 Å². The van der Waals surface area contributed by atoms with Gasteiger partial charge < -0.3 is 5.11 Å². The van der Waals surface area contributed by atoms with Gasteiger partial charge in [0, 0.05) is 6.54 Å².